The number of ether oxygens (including phenoxy) is 3. The number of para-hydroxylation sites is 1. The molecule has 0 aliphatic rings. The molecule has 29 heavy (non-hydrogen) atoms. The van der Waals surface area contributed by atoms with Gasteiger partial charge in [-0.2, -0.15) is 0 Å². The summed E-state index contributed by atoms with van der Waals surface area (Å²) in [5.74, 6) is -0.902. The molecule has 2 rings (SSSR count). The predicted octanol–water partition coefficient (Wildman–Crippen LogP) is 2.52. The van der Waals surface area contributed by atoms with Gasteiger partial charge in [-0.25, -0.2) is 13.2 Å². The first-order valence-electron chi connectivity index (χ1n) is 8.10. The molecular formula is C18H19ClN2O7S. The quantitative estimate of drug-likeness (QED) is 0.602. The van der Waals surface area contributed by atoms with Crippen LogP contribution >= 0.6 is 11.6 Å². The molecule has 0 saturated carbocycles. The van der Waals surface area contributed by atoms with E-state index in [2.05, 4.69) is 10.0 Å². The van der Waals surface area contributed by atoms with E-state index in [0.29, 0.717) is 10.8 Å². The summed E-state index contributed by atoms with van der Waals surface area (Å²) in [6, 6.07) is 8.80. The number of benzene rings is 2. The van der Waals surface area contributed by atoms with Crippen molar-refractivity contribution in [3.05, 3.63) is 47.0 Å². The number of carbonyl (C=O) groups is 2. The van der Waals surface area contributed by atoms with Crippen LogP contribution in [0.25, 0.3) is 0 Å². The molecule has 0 spiro atoms. The van der Waals surface area contributed by atoms with E-state index in [4.69, 9.17) is 25.8 Å². The van der Waals surface area contributed by atoms with Crippen molar-refractivity contribution in [2.24, 2.45) is 0 Å². The number of hydrogen-bond donors (Lipinski definition) is 2. The van der Waals surface area contributed by atoms with Crippen LogP contribution in [0.1, 0.15) is 10.4 Å². The minimum Gasteiger partial charge on any atom is -0.495 e. The Morgan fingerprint density at radius 1 is 1.03 bits per heavy atom. The molecule has 0 saturated heterocycles. The van der Waals surface area contributed by atoms with Gasteiger partial charge in [-0.3, -0.25) is 9.52 Å². The monoisotopic (exact) mass is 442 g/mol. The molecule has 0 atom stereocenters. The van der Waals surface area contributed by atoms with Gasteiger partial charge in [-0.1, -0.05) is 23.7 Å². The molecule has 11 heteroatoms. The molecule has 9 nitrogen and oxygen atoms in total. The SMILES string of the molecule is COc1cc(NC(=O)COC(=O)c2ccccc2NS(C)(=O)=O)c(OC)cc1Cl. The average Bonchev–Trinajstić information content (AvgIpc) is 2.66. The summed E-state index contributed by atoms with van der Waals surface area (Å²) in [7, 11) is -0.775. The topological polar surface area (TPSA) is 120 Å². The molecule has 0 bridgehead atoms. The lowest BCUT2D eigenvalue weighted by Crippen LogP contribution is -2.22. The molecular weight excluding hydrogens is 424 g/mol. The zero-order valence-corrected chi connectivity index (χ0v) is 17.4. The Hall–Kier alpha value is -2.98. The lowest BCUT2D eigenvalue weighted by molar-refractivity contribution is -0.119. The molecule has 0 unspecified atom stereocenters. The van der Waals surface area contributed by atoms with Crippen molar-refractivity contribution >= 4 is 44.9 Å². The minimum atomic E-state index is -3.60. The molecule has 0 aromatic heterocycles. The standard InChI is InChI=1S/C18H19ClN2O7S/c1-26-15-9-14(16(27-2)8-12(15)19)20-17(22)10-28-18(23)11-6-4-5-7-13(11)21-29(3,24)25/h4-9,21H,10H2,1-3H3,(H,20,22). The first kappa shape index (κ1) is 22.3. The van der Waals surface area contributed by atoms with E-state index >= 15 is 0 Å². The largest absolute Gasteiger partial charge is 0.495 e. The average molecular weight is 443 g/mol. The third kappa shape index (κ3) is 6.26. The maximum absolute atomic E-state index is 12.3. The number of esters is 1. The molecule has 2 N–H and O–H groups in total. The van der Waals surface area contributed by atoms with Crippen LogP contribution in [0.3, 0.4) is 0 Å². The highest BCUT2D eigenvalue weighted by atomic mass is 35.5. The summed E-state index contributed by atoms with van der Waals surface area (Å²) in [6.45, 7) is -0.611. The minimum absolute atomic E-state index is 0.0310. The fourth-order valence-corrected chi connectivity index (χ4v) is 3.11. The second kappa shape index (κ2) is 9.48. The van der Waals surface area contributed by atoms with E-state index in [1.54, 1.807) is 6.07 Å². The number of rotatable bonds is 8. The Bertz CT molecular complexity index is 1020. The highest BCUT2D eigenvalue weighted by Gasteiger charge is 2.18. The van der Waals surface area contributed by atoms with Crippen molar-refractivity contribution in [3.63, 3.8) is 0 Å². The van der Waals surface area contributed by atoms with E-state index in [1.165, 1.54) is 44.6 Å². The van der Waals surface area contributed by atoms with E-state index in [1.807, 2.05) is 0 Å². The summed E-state index contributed by atoms with van der Waals surface area (Å²) < 4.78 is 40.3. The van der Waals surface area contributed by atoms with Crippen LogP contribution in [-0.4, -0.2) is 47.4 Å². The number of anilines is 2. The summed E-state index contributed by atoms with van der Waals surface area (Å²) in [5, 5.41) is 2.83. The van der Waals surface area contributed by atoms with Crippen LogP contribution in [0.15, 0.2) is 36.4 Å². The van der Waals surface area contributed by atoms with Crippen molar-refractivity contribution < 1.29 is 32.2 Å². The van der Waals surface area contributed by atoms with Gasteiger partial charge in [0, 0.05) is 12.1 Å². The molecule has 1 amide bonds. The highest BCUT2D eigenvalue weighted by molar-refractivity contribution is 7.92. The number of methoxy groups -OCH3 is 2. The Morgan fingerprint density at radius 3 is 2.31 bits per heavy atom. The zero-order chi connectivity index (χ0) is 21.6. The Balaban J connectivity index is 2.08. The van der Waals surface area contributed by atoms with Crippen molar-refractivity contribution in [2.75, 3.05) is 37.1 Å². The maximum Gasteiger partial charge on any atom is 0.340 e. The molecule has 0 aliphatic carbocycles. The fourth-order valence-electron chi connectivity index (χ4n) is 2.30. The molecule has 0 aliphatic heterocycles. The molecule has 0 fully saturated rings. The number of hydrogen-bond acceptors (Lipinski definition) is 7. The van der Waals surface area contributed by atoms with Crippen molar-refractivity contribution in [3.8, 4) is 11.5 Å². The Kier molecular flexibility index (Phi) is 7.29. The second-order valence-electron chi connectivity index (χ2n) is 5.73. The van der Waals surface area contributed by atoms with Gasteiger partial charge in [0.2, 0.25) is 10.0 Å². The van der Waals surface area contributed by atoms with Crippen LogP contribution in [0.4, 0.5) is 11.4 Å². The van der Waals surface area contributed by atoms with Gasteiger partial charge < -0.3 is 19.5 Å². The van der Waals surface area contributed by atoms with E-state index in [9.17, 15) is 18.0 Å². The third-order valence-corrected chi connectivity index (χ3v) is 4.41. The fraction of sp³-hybridized carbons (Fsp3) is 0.222. The summed E-state index contributed by atoms with van der Waals surface area (Å²) >= 11 is 6.01. The van der Waals surface area contributed by atoms with Crippen molar-refractivity contribution in [1.29, 1.82) is 0 Å². The molecule has 156 valence electrons. The highest BCUT2D eigenvalue weighted by Crippen LogP contribution is 2.35. The van der Waals surface area contributed by atoms with Gasteiger partial charge in [0.05, 0.1) is 42.4 Å². The first-order valence-corrected chi connectivity index (χ1v) is 10.4. The summed E-state index contributed by atoms with van der Waals surface area (Å²) in [6.07, 6.45) is 0.955. The van der Waals surface area contributed by atoms with Gasteiger partial charge in [0.25, 0.3) is 5.91 Å². The van der Waals surface area contributed by atoms with Gasteiger partial charge in [-0.15, -0.1) is 0 Å². The van der Waals surface area contributed by atoms with Crippen LogP contribution < -0.4 is 19.5 Å². The molecule has 0 radical (unpaired) electrons. The number of amides is 1. The number of nitrogens with one attached hydrogen (secondary N) is 2. The molecule has 2 aromatic carbocycles. The van der Waals surface area contributed by atoms with Crippen LogP contribution in [-0.2, 0) is 19.6 Å². The summed E-state index contributed by atoms with van der Waals surface area (Å²) in [5.41, 5.74) is 0.287. The smallest absolute Gasteiger partial charge is 0.340 e. The zero-order valence-electron chi connectivity index (χ0n) is 15.8. The van der Waals surface area contributed by atoms with Gasteiger partial charge in [0.15, 0.2) is 6.61 Å². The van der Waals surface area contributed by atoms with E-state index < -0.39 is 28.5 Å². The van der Waals surface area contributed by atoms with Crippen LogP contribution in [0, 0.1) is 0 Å². The molecule has 0 heterocycles. The Labute approximate surface area is 173 Å². The summed E-state index contributed by atoms with van der Waals surface area (Å²) in [4.78, 5) is 24.5. The Morgan fingerprint density at radius 2 is 1.69 bits per heavy atom. The third-order valence-electron chi connectivity index (χ3n) is 3.52. The number of sulfonamides is 1. The van der Waals surface area contributed by atoms with Crippen molar-refractivity contribution in [2.45, 2.75) is 0 Å². The normalized spacial score (nSPS) is 10.8. The van der Waals surface area contributed by atoms with Crippen molar-refractivity contribution in [1.82, 2.24) is 0 Å². The number of halogens is 1. The predicted molar refractivity (Wildman–Crippen MR) is 108 cm³/mol. The van der Waals surface area contributed by atoms with E-state index in [-0.39, 0.29) is 22.7 Å². The van der Waals surface area contributed by atoms with Crippen LogP contribution in [0.2, 0.25) is 5.02 Å². The van der Waals surface area contributed by atoms with Gasteiger partial charge in [0.1, 0.15) is 11.5 Å². The van der Waals surface area contributed by atoms with E-state index in [0.717, 1.165) is 6.26 Å². The van der Waals surface area contributed by atoms with Gasteiger partial charge >= 0.3 is 5.97 Å². The first-order chi connectivity index (χ1) is 13.6. The van der Waals surface area contributed by atoms with Crippen LogP contribution in [0.5, 0.6) is 11.5 Å². The second-order valence-corrected chi connectivity index (χ2v) is 7.89. The maximum atomic E-state index is 12.3. The lowest BCUT2D eigenvalue weighted by atomic mass is 10.2. The molecule has 2 aromatic rings. The lowest BCUT2D eigenvalue weighted by Gasteiger charge is -2.14. The van der Waals surface area contributed by atoms with Gasteiger partial charge in [-0.05, 0) is 12.1 Å². The number of carbonyl (C=O) groups excluding carboxylic acids is 2.